The Morgan fingerprint density at radius 3 is 2.45 bits per heavy atom. The van der Waals surface area contributed by atoms with Gasteiger partial charge in [-0.2, -0.15) is 0 Å². The molecule has 1 saturated carbocycles. The number of imide groups is 1. The molecule has 4 rings (SSSR count). The topological polar surface area (TPSA) is 76.9 Å². The van der Waals surface area contributed by atoms with E-state index < -0.39 is 0 Å². The van der Waals surface area contributed by atoms with Crippen LogP contribution in [0.1, 0.15) is 37.3 Å². The number of carbonyl (C=O) groups excluding carboxylic acids is 2. The van der Waals surface area contributed by atoms with E-state index in [1.54, 1.807) is 0 Å². The minimum atomic E-state index is -0.341. The van der Waals surface area contributed by atoms with Crippen LogP contribution in [0.3, 0.4) is 0 Å². The Kier molecular flexibility index (Phi) is 7.04. The van der Waals surface area contributed by atoms with Crippen LogP contribution in [0.15, 0.2) is 59.8 Å². The molecular weight excluding hydrogens is 432 g/mol. The number of hydrogen-bond acceptors (Lipinski definition) is 5. The first kappa shape index (κ1) is 21.6. The van der Waals surface area contributed by atoms with Crippen molar-refractivity contribution in [2.75, 3.05) is 5.75 Å². The van der Waals surface area contributed by atoms with Gasteiger partial charge in [-0.05, 0) is 30.5 Å². The predicted molar refractivity (Wildman–Crippen MR) is 122 cm³/mol. The van der Waals surface area contributed by atoms with Crippen LogP contribution in [-0.4, -0.2) is 32.3 Å². The highest BCUT2D eigenvalue weighted by Crippen LogP contribution is 2.38. The molecule has 1 aliphatic carbocycles. The molecule has 1 N–H and O–H groups in total. The smallest absolute Gasteiger partial charge is 0.237 e. The van der Waals surface area contributed by atoms with Gasteiger partial charge in [-0.1, -0.05) is 78.7 Å². The van der Waals surface area contributed by atoms with Gasteiger partial charge in [0.15, 0.2) is 11.0 Å². The molecule has 0 atom stereocenters. The fourth-order valence-corrected chi connectivity index (χ4v) is 4.87. The Bertz CT molecular complexity index is 1060. The summed E-state index contributed by atoms with van der Waals surface area (Å²) in [5, 5.41) is 12.5. The van der Waals surface area contributed by atoms with Gasteiger partial charge in [0.05, 0.1) is 17.2 Å². The monoisotopic (exact) mass is 454 g/mol. The molecule has 0 saturated heterocycles. The van der Waals surface area contributed by atoms with Crippen molar-refractivity contribution in [1.82, 2.24) is 20.1 Å². The van der Waals surface area contributed by atoms with Crippen molar-refractivity contribution < 1.29 is 9.59 Å². The lowest BCUT2D eigenvalue weighted by atomic mass is 10.1. The van der Waals surface area contributed by atoms with Crippen LogP contribution >= 0.6 is 23.4 Å². The highest BCUT2D eigenvalue weighted by molar-refractivity contribution is 7.99. The molecule has 6 nitrogen and oxygen atoms in total. The first-order valence-corrected chi connectivity index (χ1v) is 11.7. The first-order valence-electron chi connectivity index (χ1n) is 10.3. The van der Waals surface area contributed by atoms with Crippen molar-refractivity contribution >= 4 is 35.2 Å². The summed E-state index contributed by atoms with van der Waals surface area (Å²) in [6.45, 7) is 0. The van der Waals surface area contributed by atoms with Crippen LogP contribution in [0.4, 0.5) is 0 Å². The summed E-state index contributed by atoms with van der Waals surface area (Å²) in [5.74, 6) is 0.158. The zero-order chi connectivity index (χ0) is 21.6. The summed E-state index contributed by atoms with van der Waals surface area (Å²) < 4.78 is 2.11. The fraction of sp³-hybridized carbons (Fsp3) is 0.304. The van der Waals surface area contributed by atoms with E-state index in [0.717, 1.165) is 42.6 Å². The summed E-state index contributed by atoms with van der Waals surface area (Å²) in [6.07, 6.45) is 4.58. The van der Waals surface area contributed by atoms with Gasteiger partial charge in [-0.15, -0.1) is 10.2 Å². The van der Waals surface area contributed by atoms with E-state index in [1.807, 2.05) is 54.6 Å². The Balaban J connectivity index is 1.45. The molecule has 0 bridgehead atoms. The number of halogens is 1. The minimum Gasteiger partial charge on any atom is -0.299 e. The van der Waals surface area contributed by atoms with Gasteiger partial charge in [-0.3, -0.25) is 19.5 Å². The molecule has 0 spiro atoms. The number of thioether (sulfide) groups is 1. The zero-order valence-corrected chi connectivity index (χ0v) is 18.5. The maximum atomic E-state index is 12.3. The van der Waals surface area contributed by atoms with Crippen molar-refractivity contribution in [3.63, 3.8) is 0 Å². The second-order valence-electron chi connectivity index (χ2n) is 7.52. The van der Waals surface area contributed by atoms with Crippen LogP contribution < -0.4 is 5.32 Å². The molecule has 0 unspecified atom stereocenters. The van der Waals surface area contributed by atoms with Crippen molar-refractivity contribution in [3.05, 3.63) is 65.2 Å². The number of benzene rings is 2. The molecule has 3 aromatic rings. The zero-order valence-electron chi connectivity index (χ0n) is 17.0. The minimum absolute atomic E-state index is 0.0912. The predicted octanol–water partition coefficient (Wildman–Crippen LogP) is 4.69. The molecule has 1 fully saturated rings. The van der Waals surface area contributed by atoms with Crippen LogP contribution in [-0.2, 0) is 16.0 Å². The standard InChI is InChI=1S/C23H23ClN4O2S/c24-19-13-7-6-12-18(19)22-26-27-23(28(22)17-10-4-5-11-17)31-15-21(30)25-20(29)14-16-8-2-1-3-9-16/h1-3,6-9,12-13,17H,4-5,10-11,14-15H2,(H,25,29,30). The molecule has 0 radical (unpaired) electrons. The number of nitrogens with zero attached hydrogens (tertiary/aromatic N) is 3. The van der Waals surface area contributed by atoms with Crippen LogP contribution in [0.2, 0.25) is 5.02 Å². The van der Waals surface area contributed by atoms with Gasteiger partial charge < -0.3 is 0 Å². The second-order valence-corrected chi connectivity index (χ2v) is 8.87. The summed E-state index contributed by atoms with van der Waals surface area (Å²) >= 11 is 7.70. The normalized spacial score (nSPS) is 14.0. The molecule has 160 valence electrons. The van der Waals surface area contributed by atoms with E-state index in [4.69, 9.17) is 11.6 Å². The Labute approximate surface area is 190 Å². The summed E-state index contributed by atoms with van der Waals surface area (Å²) in [4.78, 5) is 24.5. The lowest BCUT2D eigenvalue weighted by molar-refractivity contribution is -0.128. The largest absolute Gasteiger partial charge is 0.299 e. The van der Waals surface area contributed by atoms with Gasteiger partial charge in [0.2, 0.25) is 11.8 Å². The number of rotatable bonds is 7. The van der Waals surface area contributed by atoms with Crippen molar-refractivity contribution in [2.45, 2.75) is 43.3 Å². The Hall–Kier alpha value is -2.64. The highest BCUT2D eigenvalue weighted by atomic mass is 35.5. The fourth-order valence-electron chi connectivity index (χ4n) is 3.84. The van der Waals surface area contributed by atoms with E-state index in [1.165, 1.54) is 11.8 Å². The Morgan fingerprint density at radius 1 is 1.00 bits per heavy atom. The van der Waals surface area contributed by atoms with E-state index in [9.17, 15) is 9.59 Å². The second kappa shape index (κ2) is 10.1. The van der Waals surface area contributed by atoms with Gasteiger partial charge >= 0.3 is 0 Å². The van der Waals surface area contributed by atoms with Crippen molar-refractivity contribution in [2.24, 2.45) is 0 Å². The average molecular weight is 455 g/mol. The first-order chi connectivity index (χ1) is 15.1. The third-order valence-electron chi connectivity index (χ3n) is 5.29. The summed E-state index contributed by atoms with van der Waals surface area (Å²) in [6, 6.07) is 17.2. The highest BCUT2D eigenvalue weighted by Gasteiger charge is 2.26. The molecule has 1 aromatic heterocycles. The van der Waals surface area contributed by atoms with Crippen LogP contribution in [0.25, 0.3) is 11.4 Å². The van der Waals surface area contributed by atoms with Gasteiger partial charge in [-0.25, -0.2) is 0 Å². The maximum Gasteiger partial charge on any atom is 0.237 e. The van der Waals surface area contributed by atoms with Crippen molar-refractivity contribution in [1.29, 1.82) is 0 Å². The van der Waals surface area contributed by atoms with E-state index in [2.05, 4.69) is 20.1 Å². The molecule has 0 aliphatic heterocycles. The quantitative estimate of drug-likeness (QED) is 0.524. The number of amides is 2. The average Bonchev–Trinajstić information content (AvgIpc) is 3.43. The van der Waals surface area contributed by atoms with Gasteiger partial charge in [0, 0.05) is 11.6 Å². The van der Waals surface area contributed by atoms with Gasteiger partial charge in [0.1, 0.15) is 0 Å². The molecule has 1 aliphatic rings. The third-order valence-corrected chi connectivity index (χ3v) is 6.56. The lowest BCUT2D eigenvalue weighted by Gasteiger charge is -2.17. The Morgan fingerprint density at radius 2 is 1.71 bits per heavy atom. The molecular formula is C23H23ClN4O2S. The maximum absolute atomic E-state index is 12.3. The number of carbonyl (C=O) groups is 2. The summed E-state index contributed by atoms with van der Waals surface area (Å²) in [5.41, 5.74) is 1.70. The lowest BCUT2D eigenvalue weighted by Crippen LogP contribution is -2.33. The molecule has 8 heteroatoms. The van der Waals surface area contributed by atoms with Crippen molar-refractivity contribution in [3.8, 4) is 11.4 Å². The third kappa shape index (κ3) is 5.35. The number of aromatic nitrogens is 3. The van der Waals surface area contributed by atoms with Crippen LogP contribution in [0, 0.1) is 0 Å². The molecule has 1 heterocycles. The SMILES string of the molecule is O=C(CSc1nnc(-c2ccccc2Cl)n1C1CCCC1)NC(=O)Cc1ccccc1. The molecule has 2 aromatic carbocycles. The van der Waals surface area contributed by atoms with Crippen LogP contribution in [0.5, 0.6) is 0 Å². The summed E-state index contributed by atoms with van der Waals surface area (Å²) in [7, 11) is 0. The number of hydrogen-bond donors (Lipinski definition) is 1. The number of nitrogens with one attached hydrogen (secondary N) is 1. The van der Waals surface area contributed by atoms with E-state index >= 15 is 0 Å². The molecule has 2 amide bonds. The van der Waals surface area contributed by atoms with E-state index in [0.29, 0.717) is 10.2 Å². The van der Waals surface area contributed by atoms with Gasteiger partial charge in [0.25, 0.3) is 0 Å². The molecule has 31 heavy (non-hydrogen) atoms. The van der Waals surface area contributed by atoms with E-state index in [-0.39, 0.29) is 30.0 Å².